The predicted molar refractivity (Wildman–Crippen MR) is 205 cm³/mol. The highest BCUT2D eigenvalue weighted by Crippen LogP contribution is 2.41. The summed E-state index contributed by atoms with van der Waals surface area (Å²) in [7, 11) is 0. The van der Waals surface area contributed by atoms with Crippen LogP contribution in [0.2, 0.25) is 0 Å². The van der Waals surface area contributed by atoms with E-state index in [4.69, 9.17) is 19.4 Å². The lowest BCUT2D eigenvalue weighted by Crippen LogP contribution is -2.10. The highest BCUT2D eigenvalue weighted by Gasteiger charge is 2.23. The number of para-hydroxylation sites is 2. The molecule has 6 heteroatoms. The van der Waals surface area contributed by atoms with Crippen LogP contribution in [0.4, 0.5) is 0 Å². The van der Waals surface area contributed by atoms with Crippen molar-refractivity contribution >= 4 is 61.6 Å². The topological polar surface area (TPSA) is 79.5 Å². The summed E-state index contributed by atoms with van der Waals surface area (Å²) < 4.78 is 8.52. The number of furan rings is 1. The Kier molecular flexibility index (Phi) is 7.17. The molecule has 50 heavy (non-hydrogen) atoms. The minimum atomic E-state index is 0.0458. The molecule has 0 aliphatic rings. The van der Waals surface area contributed by atoms with Gasteiger partial charge >= 0.3 is 0 Å². The molecule has 9 aromatic rings. The van der Waals surface area contributed by atoms with Gasteiger partial charge in [-0.1, -0.05) is 127 Å². The van der Waals surface area contributed by atoms with Crippen molar-refractivity contribution in [2.75, 3.05) is 0 Å². The molecule has 0 radical (unpaired) electrons. The zero-order valence-electron chi connectivity index (χ0n) is 26.9. The molecule has 3 heterocycles. The lowest BCUT2D eigenvalue weighted by atomic mass is 10.0. The van der Waals surface area contributed by atoms with E-state index in [2.05, 4.69) is 47.0 Å². The third kappa shape index (κ3) is 5.07. The molecule has 0 atom stereocenters. The van der Waals surface area contributed by atoms with Gasteiger partial charge in [0.05, 0.1) is 22.0 Å². The minimum absolute atomic E-state index is 0.0458. The van der Waals surface area contributed by atoms with Crippen LogP contribution >= 0.6 is 0 Å². The lowest BCUT2D eigenvalue weighted by Gasteiger charge is -2.14. The molecule has 6 nitrogen and oxygen atoms in total. The first kappa shape index (κ1) is 29.2. The number of nitrogens with zero attached hydrogens (tertiary/aromatic N) is 4. The molecule has 3 aromatic heterocycles. The number of pyridine rings is 1. The molecule has 0 saturated heterocycles. The summed E-state index contributed by atoms with van der Waals surface area (Å²) >= 11 is 0. The number of aromatic nitrogens is 2. The summed E-state index contributed by atoms with van der Waals surface area (Å²) in [4.78, 5) is 14.9. The quantitative estimate of drug-likeness (QED) is 0.150. The van der Waals surface area contributed by atoms with Gasteiger partial charge in [0.25, 0.3) is 0 Å². The standard InChI is InChI=1S/C44H29N5O/c45-42(48-43(31-18-8-3-9-19-31)46-27-29-14-4-1-5-15-29)36-26-32(30-16-6-2-7-17-30)28-47-44(36)49-37-22-12-10-20-33(37)34-24-25-39-40(41(34)49)35-21-11-13-23-38(35)50-39/h1-28,45H. The SMILES string of the molecule is N=C(N=C(N=Cc1ccccc1)c1ccccc1)c1cc(-c2ccccc2)cnc1-n1c2ccccc2c2ccc3oc4ccccc4c3c21. The van der Waals surface area contributed by atoms with Crippen molar-refractivity contribution in [3.8, 4) is 16.9 Å². The Morgan fingerprint density at radius 1 is 0.640 bits per heavy atom. The van der Waals surface area contributed by atoms with E-state index >= 15 is 0 Å². The highest BCUT2D eigenvalue weighted by atomic mass is 16.3. The van der Waals surface area contributed by atoms with Crippen LogP contribution in [-0.2, 0) is 0 Å². The summed E-state index contributed by atoms with van der Waals surface area (Å²) in [6, 6.07) is 52.4. The van der Waals surface area contributed by atoms with Crippen molar-refractivity contribution < 1.29 is 4.42 Å². The monoisotopic (exact) mass is 643 g/mol. The molecule has 9 rings (SSSR count). The molecule has 0 aliphatic carbocycles. The van der Waals surface area contributed by atoms with Gasteiger partial charge in [0.2, 0.25) is 0 Å². The van der Waals surface area contributed by atoms with Crippen molar-refractivity contribution in [1.29, 1.82) is 5.41 Å². The van der Waals surface area contributed by atoms with Gasteiger partial charge < -0.3 is 4.42 Å². The third-order valence-electron chi connectivity index (χ3n) is 9.00. The van der Waals surface area contributed by atoms with Gasteiger partial charge in [-0.05, 0) is 41.5 Å². The Bertz CT molecular complexity index is 2760. The van der Waals surface area contributed by atoms with Crippen LogP contribution in [0.1, 0.15) is 16.7 Å². The van der Waals surface area contributed by atoms with Gasteiger partial charge in [0.15, 0.2) is 11.7 Å². The number of benzene rings is 6. The Balaban J connectivity index is 1.33. The Morgan fingerprint density at radius 3 is 2.12 bits per heavy atom. The number of hydrogen-bond acceptors (Lipinski definition) is 3. The summed E-state index contributed by atoms with van der Waals surface area (Å²) in [5, 5.41) is 13.8. The Labute approximate surface area is 287 Å². The molecule has 0 spiro atoms. The molecule has 6 aromatic carbocycles. The predicted octanol–water partition coefficient (Wildman–Crippen LogP) is 10.6. The Hall–Kier alpha value is -6.92. The van der Waals surface area contributed by atoms with E-state index in [1.807, 2.05) is 121 Å². The molecule has 0 unspecified atom stereocenters. The summed E-state index contributed by atoms with van der Waals surface area (Å²) in [5.41, 5.74) is 7.76. The second kappa shape index (κ2) is 12.3. The lowest BCUT2D eigenvalue weighted by molar-refractivity contribution is 0.669. The number of aliphatic imine (C=N–C) groups is 2. The molecule has 1 N–H and O–H groups in total. The number of amidine groups is 2. The second-order valence-electron chi connectivity index (χ2n) is 12.1. The zero-order valence-corrected chi connectivity index (χ0v) is 26.9. The molecule has 0 saturated carbocycles. The van der Waals surface area contributed by atoms with Crippen LogP contribution in [0.5, 0.6) is 0 Å². The number of fused-ring (bicyclic) bond motifs is 7. The normalized spacial score (nSPS) is 12.1. The van der Waals surface area contributed by atoms with Crippen LogP contribution < -0.4 is 0 Å². The number of rotatable bonds is 5. The first-order valence-electron chi connectivity index (χ1n) is 16.4. The van der Waals surface area contributed by atoms with E-state index < -0.39 is 0 Å². The number of nitrogens with one attached hydrogen (secondary N) is 1. The van der Waals surface area contributed by atoms with Crippen LogP contribution in [0, 0.1) is 5.41 Å². The van der Waals surface area contributed by atoms with Gasteiger partial charge in [0.1, 0.15) is 17.0 Å². The minimum Gasteiger partial charge on any atom is -0.456 e. The van der Waals surface area contributed by atoms with E-state index in [0.717, 1.165) is 66.0 Å². The molecule has 236 valence electrons. The largest absolute Gasteiger partial charge is 0.456 e. The maximum Gasteiger partial charge on any atom is 0.161 e. The van der Waals surface area contributed by atoms with E-state index in [-0.39, 0.29) is 5.84 Å². The fourth-order valence-electron chi connectivity index (χ4n) is 6.68. The van der Waals surface area contributed by atoms with Crippen molar-refractivity contribution in [2.45, 2.75) is 0 Å². The first-order chi connectivity index (χ1) is 24.7. The molecule has 0 fully saturated rings. The van der Waals surface area contributed by atoms with Gasteiger partial charge in [-0.25, -0.2) is 15.0 Å². The molecule has 0 bridgehead atoms. The Morgan fingerprint density at radius 2 is 1.32 bits per heavy atom. The molecule has 0 amide bonds. The van der Waals surface area contributed by atoms with Gasteiger partial charge in [0, 0.05) is 39.7 Å². The zero-order chi connectivity index (χ0) is 33.4. The van der Waals surface area contributed by atoms with Crippen LogP contribution in [0.3, 0.4) is 0 Å². The molecule has 0 aliphatic heterocycles. The van der Waals surface area contributed by atoms with E-state index in [1.165, 1.54) is 0 Å². The van der Waals surface area contributed by atoms with Crippen molar-refractivity contribution in [3.05, 3.63) is 181 Å². The van der Waals surface area contributed by atoms with E-state index in [9.17, 15) is 5.41 Å². The number of hydrogen-bond donors (Lipinski definition) is 1. The van der Waals surface area contributed by atoms with Crippen molar-refractivity contribution in [2.24, 2.45) is 9.98 Å². The second-order valence-corrected chi connectivity index (χ2v) is 12.1. The van der Waals surface area contributed by atoms with E-state index in [0.29, 0.717) is 17.2 Å². The van der Waals surface area contributed by atoms with Crippen LogP contribution in [0.15, 0.2) is 178 Å². The molecular formula is C44H29N5O. The average Bonchev–Trinajstić information content (AvgIpc) is 3.73. The maximum atomic E-state index is 9.64. The highest BCUT2D eigenvalue weighted by molar-refractivity contribution is 6.25. The fourth-order valence-corrected chi connectivity index (χ4v) is 6.68. The van der Waals surface area contributed by atoms with Gasteiger partial charge in [-0.2, -0.15) is 0 Å². The van der Waals surface area contributed by atoms with Gasteiger partial charge in [-0.15, -0.1) is 0 Å². The summed E-state index contributed by atoms with van der Waals surface area (Å²) in [5.74, 6) is 1.08. The maximum absolute atomic E-state index is 9.64. The molecular weight excluding hydrogens is 615 g/mol. The van der Waals surface area contributed by atoms with Crippen molar-refractivity contribution in [3.63, 3.8) is 0 Å². The smallest absolute Gasteiger partial charge is 0.161 e. The van der Waals surface area contributed by atoms with E-state index in [1.54, 1.807) is 6.21 Å². The van der Waals surface area contributed by atoms with Crippen molar-refractivity contribution in [1.82, 2.24) is 9.55 Å². The summed E-state index contributed by atoms with van der Waals surface area (Å²) in [6.45, 7) is 0. The summed E-state index contributed by atoms with van der Waals surface area (Å²) in [6.07, 6.45) is 3.66. The van der Waals surface area contributed by atoms with Gasteiger partial charge in [-0.3, -0.25) is 9.98 Å². The van der Waals surface area contributed by atoms with Crippen LogP contribution in [-0.4, -0.2) is 27.4 Å². The van der Waals surface area contributed by atoms with Crippen LogP contribution in [0.25, 0.3) is 60.7 Å². The fraction of sp³-hybridized carbons (Fsp3) is 0. The average molecular weight is 644 g/mol. The third-order valence-corrected chi connectivity index (χ3v) is 9.00. The first-order valence-corrected chi connectivity index (χ1v) is 16.4.